The van der Waals surface area contributed by atoms with Gasteiger partial charge >= 0.3 is 0 Å². The van der Waals surface area contributed by atoms with E-state index in [-0.39, 0.29) is 66.9 Å². The topological polar surface area (TPSA) is 55.8 Å². The average Bonchev–Trinajstić information content (AvgIpc) is 3.17. The summed E-state index contributed by atoms with van der Waals surface area (Å²) in [4.78, 5) is 13.2. The van der Waals surface area contributed by atoms with Crippen molar-refractivity contribution in [1.82, 2.24) is 0 Å². The Morgan fingerprint density at radius 3 is 2.46 bits per heavy atom. The zero-order valence-electron chi connectivity index (χ0n) is 16.0. The number of hydrogen-bond donors (Lipinski definition) is 1. The molecule has 4 nitrogen and oxygen atoms in total. The number of ketones is 1. The predicted molar refractivity (Wildman–Crippen MR) is 92.7 cm³/mol. The van der Waals surface area contributed by atoms with E-state index in [0.717, 1.165) is 38.5 Å². The number of allylic oxidation sites excluding steroid dienone is 1. The number of aliphatic hydroxyl groups excluding tert-OH is 1. The molecule has 0 amide bonds. The van der Waals surface area contributed by atoms with Crippen molar-refractivity contribution in [2.75, 3.05) is 13.2 Å². The summed E-state index contributed by atoms with van der Waals surface area (Å²) in [7, 11) is 0. The van der Waals surface area contributed by atoms with E-state index in [4.69, 9.17) is 9.47 Å². The van der Waals surface area contributed by atoms with Crippen LogP contribution in [-0.2, 0) is 14.3 Å². The first-order chi connectivity index (χ1) is 11.9. The van der Waals surface area contributed by atoms with Crippen LogP contribution >= 0.6 is 0 Å². The maximum absolute atomic E-state index is 13.2. The Morgan fingerprint density at radius 1 is 1.04 bits per heavy atom. The van der Waals surface area contributed by atoms with Gasteiger partial charge in [-0.1, -0.05) is 19.4 Å². The van der Waals surface area contributed by atoms with Gasteiger partial charge in [-0.15, -0.1) is 0 Å². The molecule has 0 bridgehead atoms. The second-order valence-electron chi connectivity index (χ2n) is 9.57. The van der Waals surface area contributed by atoms with Gasteiger partial charge in [0.25, 0.3) is 0 Å². The Morgan fingerprint density at radius 2 is 1.73 bits per heavy atom. The molecule has 141 valence electrons. The van der Waals surface area contributed by atoms with Crippen molar-refractivity contribution in [3.63, 3.8) is 0 Å². The van der Waals surface area contributed by atoms with Gasteiger partial charge in [-0.25, -0.2) is 0 Å². The number of fused-ring (bicyclic) bond motifs is 6. The summed E-state index contributed by atoms with van der Waals surface area (Å²) in [5, 5.41) is 10.1. The Balaban J connectivity index is 0.00000168. The first-order valence-corrected chi connectivity index (χ1v) is 10.1. The van der Waals surface area contributed by atoms with Gasteiger partial charge < -0.3 is 14.6 Å². The van der Waals surface area contributed by atoms with Crippen molar-refractivity contribution in [3.05, 3.63) is 11.6 Å². The minimum Gasteiger partial charge on any atom is -0.393 e. The number of hydrogen-bond acceptors (Lipinski definition) is 4. The van der Waals surface area contributed by atoms with Gasteiger partial charge in [0.2, 0.25) is 0 Å². The van der Waals surface area contributed by atoms with Gasteiger partial charge in [-0.05, 0) is 61.9 Å². The first-order valence-electron chi connectivity index (χ1n) is 10.1. The van der Waals surface area contributed by atoms with Gasteiger partial charge in [0, 0.05) is 61.8 Å². The molecule has 1 heterocycles. The average molecular weight is 573 g/mol. The standard InChI is InChI=1S/C21H30O4.Ac/c1-19-6-3-14(22)11-13(19)12-17(23)18-15(19)4-7-20(2)16(18)5-8-21(20)24-9-10-25-21;/h12,14-16,18,22H,3-11H2,1-2H3;/t14?,15?,16?,18?,19-,20-;/m0./s1. The molecule has 4 fully saturated rings. The molecule has 26 heavy (non-hydrogen) atoms. The van der Waals surface area contributed by atoms with Crippen molar-refractivity contribution < 1.29 is 63.4 Å². The zero-order chi connectivity index (χ0) is 17.4. The fourth-order valence-corrected chi connectivity index (χ4v) is 7.27. The molecular formula is C21H30AcO4. The molecule has 5 heteroatoms. The Kier molecular flexibility index (Phi) is 5.10. The summed E-state index contributed by atoms with van der Waals surface area (Å²) >= 11 is 0. The van der Waals surface area contributed by atoms with E-state index in [0.29, 0.717) is 37.3 Å². The van der Waals surface area contributed by atoms with Gasteiger partial charge in [0.1, 0.15) is 0 Å². The van der Waals surface area contributed by atoms with E-state index in [1.54, 1.807) is 0 Å². The largest absolute Gasteiger partial charge is 0.393 e. The second-order valence-corrected chi connectivity index (χ2v) is 9.57. The van der Waals surface area contributed by atoms with Crippen molar-refractivity contribution in [3.8, 4) is 0 Å². The van der Waals surface area contributed by atoms with E-state index in [9.17, 15) is 9.90 Å². The second kappa shape index (κ2) is 6.63. The molecule has 0 aromatic rings. The summed E-state index contributed by atoms with van der Waals surface area (Å²) in [6.07, 6.45) is 8.31. The van der Waals surface area contributed by atoms with Gasteiger partial charge in [-0.3, -0.25) is 4.79 Å². The molecular weight excluding hydrogens is 543 g/mol. The molecule has 4 aliphatic carbocycles. The van der Waals surface area contributed by atoms with Crippen molar-refractivity contribution in [1.29, 1.82) is 0 Å². The molecule has 1 spiro atoms. The number of carbonyl (C=O) groups is 1. The Labute approximate surface area is 192 Å². The SMILES string of the molecule is C[C@]12CCC(O)CC1=CC(=O)C1C2CC[C@@]2(C)C1CCC21OCCO1.[Ac]. The number of carbonyl (C=O) groups excluding carboxylic acids is 1. The van der Waals surface area contributed by atoms with E-state index in [1.165, 1.54) is 5.57 Å². The predicted octanol–water partition coefficient (Wildman–Crippen LogP) is 3.23. The van der Waals surface area contributed by atoms with Crippen LogP contribution in [-0.4, -0.2) is 36.0 Å². The molecule has 1 saturated heterocycles. The summed E-state index contributed by atoms with van der Waals surface area (Å²) < 4.78 is 12.3. The maximum atomic E-state index is 13.2. The third-order valence-corrected chi connectivity index (χ3v) is 8.72. The smallest absolute Gasteiger partial charge is 0.174 e. The molecule has 0 aromatic carbocycles. The Bertz CT molecular complexity index is 640. The van der Waals surface area contributed by atoms with Crippen LogP contribution in [0.4, 0.5) is 0 Å². The number of aliphatic hydroxyl groups is 1. The Hall–Kier alpha value is 0.732. The van der Waals surface area contributed by atoms with Crippen LogP contribution in [0.25, 0.3) is 0 Å². The van der Waals surface area contributed by atoms with Gasteiger partial charge in [0.05, 0.1) is 19.3 Å². The van der Waals surface area contributed by atoms with Gasteiger partial charge in [0.15, 0.2) is 11.6 Å². The normalized spacial score (nSPS) is 49.0. The van der Waals surface area contributed by atoms with E-state index in [2.05, 4.69) is 13.8 Å². The molecule has 4 unspecified atom stereocenters. The fourth-order valence-electron chi connectivity index (χ4n) is 7.27. The molecule has 5 aliphatic rings. The number of rotatable bonds is 0. The quantitative estimate of drug-likeness (QED) is 0.484. The maximum Gasteiger partial charge on any atom is 0.174 e. The van der Waals surface area contributed by atoms with E-state index >= 15 is 0 Å². The monoisotopic (exact) mass is 573 g/mol. The van der Waals surface area contributed by atoms with Crippen LogP contribution in [0.5, 0.6) is 0 Å². The molecule has 1 N–H and O–H groups in total. The molecule has 3 saturated carbocycles. The molecule has 1 radical (unpaired) electrons. The summed E-state index contributed by atoms with van der Waals surface area (Å²) in [6.45, 7) is 6.03. The molecule has 0 aromatic heterocycles. The zero-order valence-corrected chi connectivity index (χ0v) is 20.7. The van der Waals surface area contributed by atoms with Crippen LogP contribution < -0.4 is 0 Å². The summed E-state index contributed by atoms with van der Waals surface area (Å²) in [5.74, 6) is 0.740. The first kappa shape index (κ1) is 20.0. The van der Waals surface area contributed by atoms with Crippen LogP contribution in [0.1, 0.15) is 58.8 Å². The minimum atomic E-state index is -0.448. The van der Waals surface area contributed by atoms with E-state index in [1.807, 2.05) is 6.08 Å². The fraction of sp³-hybridized carbons (Fsp3) is 0.857. The van der Waals surface area contributed by atoms with Crippen LogP contribution in [0.15, 0.2) is 11.6 Å². The molecule has 6 atom stereocenters. The summed E-state index contributed by atoms with van der Waals surface area (Å²) in [5.41, 5.74) is 1.25. The molecule has 5 rings (SSSR count). The number of ether oxygens (including phenoxy) is 2. The summed E-state index contributed by atoms with van der Waals surface area (Å²) in [6, 6.07) is 0. The minimum absolute atomic E-state index is 0. The van der Waals surface area contributed by atoms with Crippen molar-refractivity contribution in [2.24, 2.45) is 28.6 Å². The molecule has 1 aliphatic heterocycles. The third-order valence-electron chi connectivity index (χ3n) is 8.72. The van der Waals surface area contributed by atoms with E-state index < -0.39 is 5.79 Å². The van der Waals surface area contributed by atoms with Gasteiger partial charge in [-0.2, -0.15) is 0 Å². The van der Waals surface area contributed by atoms with Crippen LogP contribution in [0.3, 0.4) is 0 Å². The van der Waals surface area contributed by atoms with Crippen molar-refractivity contribution >= 4 is 5.78 Å². The third kappa shape index (κ3) is 2.49. The van der Waals surface area contributed by atoms with Crippen LogP contribution in [0, 0.1) is 72.6 Å². The van der Waals surface area contributed by atoms with Crippen molar-refractivity contribution in [2.45, 2.75) is 70.7 Å². The van der Waals surface area contributed by atoms with Crippen LogP contribution in [0.2, 0.25) is 0 Å².